The van der Waals surface area contributed by atoms with Crippen molar-refractivity contribution in [2.45, 2.75) is 0 Å². The Morgan fingerprint density at radius 1 is 1.35 bits per heavy atom. The number of amides is 1. The second-order valence-corrected chi connectivity index (χ2v) is 3.92. The number of hydrogen-bond donors (Lipinski definition) is 1. The van der Waals surface area contributed by atoms with Crippen molar-refractivity contribution in [1.29, 1.82) is 0 Å². The maximum absolute atomic E-state index is 10.8. The summed E-state index contributed by atoms with van der Waals surface area (Å²) in [6.45, 7) is 0.320. The van der Waals surface area contributed by atoms with E-state index in [9.17, 15) is 4.79 Å². The molecule has 0 unspecified atom stereocenters. The van der Waals surface area contributed by atoms with Gasteiger partial charge in [0, 0.05) is 25.3 Å². The van der Waals surface area contributed by atoms with Crippen molar-refractivity contribution in [3.05, 3.63) is 29.8 Å². The van der Waals surface area contributed by atoms with Gasteiger partial charge in [-0.05, 0) is 24.3 Å². The fraction of sp³-hybridized carbons (Fsp3) is 0.308. The molecule has 1 rings (SSSR count). The number of carbonyl (C=O) groups excluding carboxylic acids is 1. The first kappa shape index (κ1) is 13.4. The van der Waals surface area contributed by atoms with Gasteiger partial charge >= 0.3 is 0 Å². The highest BCUT2D eigenvalue weighted by molar-refractivity contribution is 6.27. The summed E-state index contributed by atoms with van der Waals surface area (Å²) in [6.07, 6.45) is 0. The molecule has 0 saturated heterocycles. The van der Waals surface area contributed by atoms with Crippen molar-refractivity contribution >= 4 is 23.2 Å². The average Bonchev–Trinajstić information content (AvgIpc) is 2.34. The predicted octanol–water partition coefficient (Wildman–Crippen LogP) is 1.46. The lowest BCUT2D eigenvalue weighted by molar-refractivity contribution is -0.118. The number of carbonyl (C=O) groups is 1. The molecule has 4 heteroatoms. The SMILES string of the molecule is CN(C)c1ccc(C#CCNC(=O)CCl)cc1. The highest BCUT2D eigenvalue weighted by Gasteiger charge is 1.94. The standard InChI is InChI=1S/C13H15ClN2O/c1-16(2)12-7-5-11(6-8-12)4-3-9-15-13(17)10-14/h5-8H,9-10H2,1-2H3,(H,15,17). The van der Waals surface area contributed by atoms with Gasteiger partial charge in [-0.25, -0.2) is 0 Å². The normalized spacial score (nSPS) is 9.12. The Morgan fingerprint density at radius 2 is 2.00 bits per heavy atom. The topological polar surface area (TPSA) is 32.3 Å². The number of alkyl halides is 1. The number of halogens is 1. The average molecular weight is 251 g/mol. The summed E-state index contributed by atoms with van der Waals surface area (Å²) < 4.78 is 0. The molecule has 1 aromatic carbocycles. The maximum Gasteiger partial charge on any atom is 0.235 e. The lowest BCUT2D eigenvalue weighted by Gasteiger charge is -2.11. The molecule has 1 N–H and O–H groups in total. The zero-order valence-electron chi connectivity index (χ0n) is 9.96. The molecule has 0 atom stereocenters. The van der Waals surface area contributed by atoms with E-state index in [-0.39, 0.29) is 11.8 Å². The van der Waals surface area contributed by atoms with Gasteiger partial charge in [0.15, 0.2) is 0 Å². The summed E-state index contributed by atoms with van der Waals surface area (Å²) in [6, 6.07) is 7.90. The molecule has 0 aliphatic carbocycles. The molecule has 0 fully saturated rings. The van der Waals surface area contributed by atoms with Gasteiger partial charge in [-0.1, -0.05) is 11.8 Å². The molecule has 90 valence electrons. The minimum Gasteiger partial charge on any atom is -0.378 e. The minimum absolute atomic E-state index is 0.0286. The lowest BCUT2D eigenvalue weighted by atomic mass is 10.2. The second kappa shape index (κ2) is 6.82. The first-order chi connectivity index (χ1) is 8.13. The Morgan fingerprint density at radius 3 is 2.53 bits per heavy atom. The summed E-state index contributed by atoms with van der Waals surface area (Å²) >= 11 is 5.33. The Labute approximate surface area is 107 Å². The molecule has 1 aromatic rings. The van der Waals surface area contributed by atoms with Gasteiger partial charge in [0.2, 0.25) is 5.91 Å². The highest BCUT2D eigenvalue weighted by Crippen LogP contribution is 2.11. The first-order valence-corrected chi connectivity index (χ1v) is 5.76. The van der Waals surface area contributed by atoms with Gasteiger partial charge < -0.3 is 10.2 Å². The van der Waals surface area contributed by atoms with Crippen molar-refractivity contribution < 1.29 is 4.79 Å². The summed E-state index contributed by atoms with van der Waals surface area (Å²) in [7, 11) is 3.98. The summed E-state index contributed by atoms with van der Waals surface area (Å²) in [5, 5.41) is 2.58. The molecular weight excluding hydrogens is 236 g/mol. The van der Waals surface area contributed by atoms with Crippen molar-refractivity contribution in [3.8, 4) is 11.8 Å². The zero-order chi connectivity index (χ0) is 12.7. The zero-order valence-corrected chi connectivity index (χ0v) is 10.7. The van der Waals surface area contributed by atoms with E-state index < -0.39 is 0 Å². The summed E-state index contributed by atoms with van der Waals surface area (Å²) in [5.41, 5.74) is 2.06. The Balaban J connectivity index is 2.52. The van der Waals surface area contributed by atoms with E-state index in [1.165, 1.54) is 0 Å². The number of nitrogens with one attached hydrogen (secondary N) is 1. The first-order valence-electron chi connectivity index (χ1n) is 5.22. The fourth-order valence-corrected chi connectivity index (χ4v) is 1.27. The predicted molar refractivity (Wildman–Crippen MR) is 71.4 cm³/mol. The van der Waals surface area contributed by atoms with Gasteiger partial charge in [0.25, 0.3) is 0 Å². The van der Waals surface area contributed by atoms with Crippen LogP contribution in [-0.4, -0.2) is 32.4 Å². The Hall–Kier alpha value is -1.66. The van der Waals surface area contributed by atoms with E-state index in [1.807, 2.05) is 43.3 Å². The van der Waals surface area contributed by atoms with Gasteiger partial charge in [-0.3, -0.25) is 4.79 Å². The Kier molecular flexibility index (Phi) is 5.38. The lowest BCUT2D eigenvalue weighted by Crippen LogP contribution is -2.24. The molecular formula is C13H15ClN2O. The molecule has 0 aliphatic heterocycles. The van der Waals surface area contributed by atoms with Crippen LogP contribution in [0.5, 0.6) is 0 Å². The summed E-state index contributed by atoms with van der Waals surface area (Å²) in [4.78, 5) is 12.9. The molecule has 0 bridgehead atoms. The smallest absolute Gasteiger partial charge is 0.235 e. The van der Waals surface area contributed by atoms with Gasteiger partial charge in [0.05, 0.1) is 6.54 Å². The third-order valence-corrected chi connectivity index (χ3v) is 2.35. The molecule has 0 spiro atoms. The van der Waals surface area contributed by atoms with E-state index >= 15 is 0 Å². The van der Waals surface area contributed by atoms with Crippen LogP contribution in [-0.2, 0) is 4.79 Å². The number of rotatable bonds is 3. The number of nitrogens with zero attached hydrogens (tertiary/aromatic N) is 1. The van der Waals surface area contributed by atoms with E-state index in [1.54, 1.807) is 0 Å². The maximum atomic E-state index is 10.8. The third-order valence-electron chi connectivity index (χ3n) is 2.11. The van der Waals surface area contributed by atoms with Crippen molar-refractivity contribution in [1.82, 2.24) is 5.32 Å². The van der Waals surface area contributed by atoms with E-state index in [0.717, 1.165) is 11.3 Å². The molecule has 0 heterocycles. The molecule has 3 nitrogen and oxygen atoms in total. The van der Waals surface area contributed by atoms with Crippen LogP contribution in [0.4, 0.5) is 5.69 Å². The molecule has 0 radical (unpaired) electrons. The van der Waals surface area contributed by atoms with Gasteiger partial charge in [0.1, 0.15) is 5.88 Å². The van der Waals surface area contributed by atoms with E-state index in [0.29, 0.717) is 6.54 Å². The van der Waals surface area contributed by atoms with Crippen LogP contribution in [0.1, 0.15) is 5.56 Å². The van der Waals surface area contributed by atoms with Crippen LogP contribution in [0, 0.1) is 11.8 Å². The fourth-order valence-electron chi connectivity index (χ4n) is 1.18. The van der Waals surface area contributed by atoms with E-state index in [2.05, 4.69) is 17.2 Å². The largest absolute Gasteiger partial charge is 0.378 e. The quantitative estimate of drug-likeness (QED) is 0.651. The second-order valence-electron chi connectivity index (χ2n) is 3.65. The van der Waals surface area contributed by atoms with Crippen molar-refractivity contribution in [2.75, 3.05) is 31.4 Å². The Bertz CT molecular complexity index is 429. The van der Waals surface area contributed by atoms with Crippen LogP contribution in [0.25, 0.3) is 0 Å². The van der Waals surface area contributed by atoms with Crippen molar-refractivity contribution in [3.63, 3.8) is 0 Å². The van der Waals surface area contributed by atoms with Crippen molar-refractivity contribution in [2.24, 2.45) is 0 Å². The number of anilines is 1. The highest BCUT2D eigenvalue weighted by atomic mass is 35.5. The van der Waals surface area contributed by atoms with Gasteiger partial charge in [-0.15, -0.1) is 11.6 Å². The molecule has 0 aliphatic rings. The van der Waals surface area contributed by atoms with E-state index in [4.69, 9.17) is 11.6 Å². The molecule has 0 saturated carbocycles. The van der Waals surface area contributed by atoms with Crippen LogP contribution in [0.15, 0.2) is 24.3 Å². The minimum atomic E-state index is -0.205. The van der Waals surface area contributed by atoms with Crippen LogP contribution < -0.4 is 10.2 Å². The number of hydrogen-bond acceptors (Lipinski definition) is 2. The molecule has 0 aromatic heterocycles. The third kappa shape index (κ3) is 4.80. The number of benzene rings is 1. The van der Waals surface area contributed by atoms with Crippen LogP contribution in [0.3, 0.4) is 0 Å². The monoisotopic (exact) mass is 250 g/mol. The summed E-state index contributed by atoms with van der Waals surface area (Å²) in [5.74, 6) is 5.59. The molecule has 17 heavy (non-hydrogen) atoms. The van der Waals surface area contributed by atoms with Crippen LogP contribution in [0.2, 0.25) is 0 Å². The molecule has 1 amide bonds. The van der Waals surface area contributed by atoms with Crippen LogP contribution >= 0.6 is 11.6 Å². The van der Waals surface area contributed by atoms with Gasteiger partial charge in [-0.2, -0.15) is 0 Å².